The maximum absolute atomic E-state index is 5.26. The summed E-state index contributed by atoms with van der Waals surface area (Å²) in [4.78, 5) is 8.13. The van der Waals surface area contributed by atoms with E-state index < -0.39 is 0 Å². The quantitative estimate of drug-likeness (QED) is 0.708. The molecule has 22 heavy (non-hydrogen) atoms. The third-order valence-electron chi connectivity index (χ3n) is 3.64. The molecular weight excluding hydrogens is 280 g/mol. The molecule has 0 aromatic carbocycles. The number of fused-ring (bicyclic) bond motifs is 1. The Labute approximate surface area is 128 Å². The summed E-state index contributed by atoms with van der Waals surface area (Å²) in [6.07, 6.45) is 0. The molecule has 0 fully saturated rings. The van der Waals surface area contributed by atoms with E-state index in [1.54, 1.807) is 7.11 Å². The van der Waals surface area contributed by atoms with Gasteiger partial charge < -0.3 is 19.6 Å². The Morgan fingerprint density at radius 2 is 2.09 bits per heavy atom. The smallest absolute Gasteiger partial charge is 0.143 e. The first-order chi connectivity index (χ1) is 10.6. The van der Waals surface area contributed by atoms with Gasteiger partial charge in [-0.2, -0.15) is 0 Å². The molecule has 0 saturated carbocycles. The molecule has 3 rings (SSSR count). The Balaban J connectivity index is 2.11. The van der Waals surface area contributed by atoms with Crippen LogP contribution in [0.1, 0.15) is 17.1 Å². The highest BCUT2D eigenvalue weighted by Gasteiger charge is 2.16. The number of H-pyrrole nitrogens is 1. The van der Waals surface area contributed by atoms with Gasteiger partial charge in [-0.25, -0.2) is 4.98 Å². The predicted octanol–water partition coefficient (Wildman–Crippen LogP) is 3.20. The lowest BCUT2D eigenvalue weighted by Crippen LogP contribution is -2.09. The summed E-state index contributed by atoms with van der Waals surface area (Å²) in [6.45, 7) is 7.19. The van der Waals surface area contributed by atoms with Crippen molar-refractivity contribution in [1.82, 2.24) is 15.1 Å². The van der Waals surface area contributed by atoms with Gasteiger partial charge in [0.2, 0.25) is 0 Å². The highest BCUT2D eigenvalue weighted by atomic mass is 16.5. The number of methoxy groups -OCH3 is 1. The molecule has 0 aliphatic heterocycles. The zero-order valence-electron chi connectivity index (χ0n) is 13.3. The van der Waals surface area contributed by atoms with Crippen molar-refractivity contribution in [2.24, 2.45) is 0 Å². The number of aromatic nitrogens is 3. The summed E-state index contributed by atoms with van der Waals surface area (Å²) >= 11 is 0. The number of nitrogens with zero attached hydrogens (tertiary/aromatic N) is 2. The fourth-order valence-corrected chi connectivity index (χ4v) is 2.65. The Morgan fingerprint density at radius 1 is 1.27 bits per heavy atom. The molecule has 0 atom stereocenters. The van der Waals surface area contributed by atoms with E-state index in [0.29, 0.717) is 13.2 Å². The summed E-state index contributed by atoms with van der Waals surface area (Å²) in [5, 5.41) is 8.43. The van der Waals surface area contributed by atoms with Crippen LogP contribution in [-0.2, 0) is 4.74 Å². The largest absolute Gasteiger partial charge is 0.383 e. The van der Waals surface area contributed by atoms with E-state index in [9.17, 15) is 0 Å². The number of ether oxygens (including phenoxy) is 1. The first-order valence-corrected chi connectivity index (χ1v) is 7.26. The van der Waals surface area contributed by atoms with Crippen molar-refractivity contribution in [1.29, 1.82) is 0 Å². The third-order valence-corrected chi connectivity index (χ3v) is 3.64. The van der Waals surface area contributed by atoms with Gasteiger partial charge in [-0.05, 0) is 32.9 Å². The summed E-state index contributed by atoms with van der Waals surface area (Å²) < 4.78 is 10.4. The van der Waals surface area contributed by atoms with E-state index in [0.717, 1.165) is 45.1 Å². The van der Waals surface area contributed by atoms with E-state index in [4.69, 9.17) is 14.2 Å². The molecule has 0 spiro atoms. The van der Waals surface area contributed by atoms with E-state index in [2.05, 4.69) is 21.5 Å². The molecule has 3 aromatic heterocycles. The maximum atomic E-state index is 5.26. The number of hydrogen-bond acceptors (Lipinski definition) is 5. The van der Waals surface area contributed by atoms with E-state index >= 15 is 0 Å². The first kappa shape index (κ1) is 14.6. The number of anilines is 1. The number of rotatable bonds is 5. The maximum Gasteiger partial charge on any atom is 0.143 e. The van der Waals surface area contributed by atoms with Crippen molar-refractivity contribution >= 4 is 16.7 Å². The zero-order chi connectivity index (χ0) is 15.7. The average Bonchev–Trinajstić information content (AvgIpc) is 3.01. The van der Waals surface area contributed by atoms with Crippen LogP contribution in [0, 0.1) is 20.8 Å². The molecule has 0 radical (unpaired) electrons. The van der Waals surface area contributed by atoms with Gasteiger partial charge in [0.15, 0.2) is 0 Å². The van der Waals surface area contributed by atoms with Crippen LogP contribution in [0.3, 0.4) is 0 Å². The first-order valence-electron chi connectivity index (χ1n) is 7.26. The topological polar surface area (TPSA) is 76.0 Å². The van der Waals surface area contributed by atoms with Gasteiger partial charge in [-0.15, -0.1) is 0 Å². The van der Waals surface area contributed by atoms with Crippen molar-refractivity contribution in [2.75, 3.05) is 25.6 Å². The number of aromatic amines is 1. The standard InChI is InChI=1S/C16H20N4O2/c1-9-7-12-13(18-9)8-14(15-10(2)20-22-11(15)3)19-16(12)17-5-6-21-4/h7-8,18H,5-6H2,1-4H3,(H,17,19). The second-order valence-corrected chi connectivity index (χ2v) is 5.39. The number of hydrogen-bond donors (Lipinski definition) is 2. The van der Waals surface area contributed by atoms with Crippen molar-refractivity contribution in [3.63, 3.8) is 0 Å². The Bertz CT molecular complexity index is 784. The molecule has 0 aliphatic rings. The van der Waals surface area contributed by atoms with Gasteiger partial charge in [0, 0.05) is 24.7 Å². The Kier molecular flexibility index (Phi) is 3.85. The predicted molar refractivity (Wildman–Crippen MR) is 86.2 cm³/mol. The summed E-state index contributed by atoms with van der Waals surface area (Å²) in [6, 6.07) is 4.13. The molecular formula is C16H20N4O2. The molecule has 0 amide bonds. The number of nitrogens with one attached hydrogen (secondary N) is 2. The van der Waals surface area contributed by atoms with Gasteiger partial charge in [0.1, 0.15) is 11.6 Å². The molecule has 116 valence electrons. The van der Waals surface area contributed by atoms with Crippen LogP contribution in [0.2, 0.25) is 0 Å². The SMILES string of the molecule is COCCNc1nc(-c2c(C)noc2C)cc2[nH]c(C)cc12. The fraction of sp³-hybridized carbons (Fsp3) is 0.375. The second-order valence-electron chi connectivity index (χ2n) is 5.39. The minimum Gasteiger partial charge on any atom is -0.383 e. The van der Waals surface area contributed by atoms with E-state index in [-0.39, 0.29) is 0 Å². The van der Waals surface area contributed by atoms with Crippen LogP contribution in [0.25, 0.3) is 22.2 Å². The lowest BCUT2D eigenvalue weighted by molar-refractivity contribution is 0.210. The molecule has 0 aliphatic carbocycles. The minimum atomic E-state index is 0.627. The summed E-state index contributed by atoms with van der Waals surface area (Å²) in [5.74, 6) is 1.62. The van der Waals surface area contributed by atoms with E-state index in [1.807, 2.05) is 26.8 Å². The fourth-order valence-electron chi connectivity index (χ4n) is 2.65. The van der Waals surface area contributed by atoms with E-state index in [1.165, 1.54) is 0 Å². The zero-order valence-corrected chi connectivity index (χ0v) is 13.3. The lowest BCUT2D eigenvalue weighted by atomic mass is 10.1. The number of aryl methyl sites for hydroxylation is 3. The molecule has 0 saturated heterocycles. The monoisotopic (exact) mass is 300 g/mol. The van der Waals surface area contributed by atoms with Crippen LogP contribution in [0.4, 0.5) is 5.82 Å². The average molecular weight is 300 g/mol. The van der Waals surface area contributed by atoms with Crippen molar-refractivity contribution < 1.29 is 9.26 Å². The molecule has 6 nitrogen and oxygen atoms in total. The Hall–Kier alpha value is -2.34. The van der Waals surface area contributed by atoms with Crippen LogP contribution < -0.4 is 5.32 Å². The normalized spacial score (nSPS) is 11.3. The minimum absolute atomic E-state index is 0.627. The van der Waals surface area contributed by atoms with Crippen LogP contribution >= 0.6 is 0 Å². The van der Waals surface area contributed by atoms with Gasteiger partial charge in [0.05, 0.1) is 29.1 Å². The molecule has 3 heterocycles. The second kappa shape index (κ2) is 5.81. The Morgan fingerprint density at radius 3 is 2.77 bits per heavy atom. The van der Waals surface area contributed by atoms with Crippen molar-refractivity contribution in [3.05, 3.63) is 29.3 Å². The van der Waals surface area contributed by atoms with Crippen LogP contribution in [0.15, 0.2) is 16.7 Å². The number of pyridine rings is 1. The van der Waals surface area contributed by atoms with Gasteiger partial charge in [0.25, 0.3) is 0 Å². The lowest BCUT2D eigenvalue weighted by Gasteiger charge is -2.09. The van der Waals surface area contributed by atoms with Crippen LogP contribution in [-0.4, -0.2) is 35.4 Å². The van der Waals surface area contributed by atoms with Crippen molar-refractivity contribution in [3.8, 4) is 11.3 Å². The highest BCUT2D eigenvalue weighted by Crippen LogP contribution is 2.31. The summed E-state index contributed by atoms with van der Waals surface area (Å²) in [5.41, 5.74) is 4.79. The molecule has 0 unspecified atom stereocenters. The van der Waals surface area contributed by atoms with Gasteiger partial charge in [-0.1, -0.05) is 5.16 Å². The molecule has 0 bridgehead atoms. The van der Waals surface area contributed by atoms with Crippen molar-refractivity contribution in [2.45, 2.75) is 20.8 Å². The molecule has 6 heteroatoms. The van der Waals surface area contributed by atoms with Crippen LogP contribution in [0.5, 0.6) is 0 Å². The van der Waals surface area contributed by atoms with Gasteiger partial charge in [-0.3, -0.25) is 0 Å². The summed E-state index contributed by atoms with van der Waals surface area (Å²) in [7, 11) is 1.69. The van der Waals surface area contributed by atoms with Gasteiger partial charge >= 0.3 is 0 Å². The molecule has 3 aromatic rings. The highest BCUT2D eigenvalue weighted by molar-refractivity contribution is 5.93. The molecule has 2 N–H and O–H groups in total. The third kappa shape index (κ3) is 2.57.